The molecule has 0 unspecified atom stereocenters. The number of hydrogen-bond donors (Lipinski definition) is 1. The standard InChI is InChI=1S/C17H14Cl2N4OS/c1-23-16(11-5-3-2-4-6-11)21-22-17(23)25-10-15(24)20-14-8-12(18)7-13(19)9-14/h2-9H,10H2,1H3,(H,20,24). The predicted octanol–water partition coefficient (Wildman–Crippen LogP) is 4.52. The van der Waals surface area contributed by atoms with E-state index in [1.807, 2.05) is 41.9 Å². The van der Waals surface area contributed by atoms with Gasteiger partial charge in [-0.25, -0.2) is 0 Å². The molecule has 25 heavy (non-hydrogen) atoms. The van der Waals surface area contributed by atoms with Crippen molar-refractivity contribution in [1.82, 2.24) is 14.8 Å². The topological polar surface area (TPSA) is 59.8 Å². The molecular weight excluding hydrogens is 379 g/mol. The van der Waals surface area contributed by atoms with E-state index in [-0.39, 0.29) is 11.7 Å². The van der Waals surface area contributed by atoms with Gasteiger partial charge in [0, 0.05) is 28.3 Å². The zero-order chi connectivity index (χ0) is 17.8. The molecule has 0 fully saturated rings. The minimum absolute atomic E-state index is 0.174. The lowest BCUT2D eigenvalue weighted by molar-refractivity contribution is -0.113. The van der Waals surface area contributed by atoms with Gasteiger partial charge in [-0.05, 0) is 18.2 Å². The Balaban J connectivity index is 1.64. The Morgan fingerprint density at radius 3 is 2.48 bits per heavy atom. The number of nitrogens with one attached hydrogen (secondary N) is 1. The quantitative estimate of drug-likeness (QED) is 0.648. The lowest BCUT2D eigenvalue weighted by Gasteiger charge is -2.06. The summed E-state index contributed by atoms with van der Waals surface area (Å²) in [6.45, 7) is 0. The lowest BCUT2D eigenvalue weighted by Crippen LogP contribution is -2.14. The number of anilines is 1. The molecule has 0 saturated carbocycles. The number of benzene rings is 2. The number of carbonyl (C=O) groups excluding carboxylic acids is 1. The van der Waals surface area contributed by atoms with E-state index in [4.69, 9.17) is 23.2 Å². The van der Waals surface area contributed by atoms with Gasteiger partial charge in [0.1, 0.15) is 0 Å². The van der Waals surface area contributed by atoms with E-state index in [0.29, 0.717) is 20.9 Å². The average Bonchev–Trinajstić information content (AvgIpc) is 2.93. The molecule has 128 valence electrons. The fourth-order valence-electron chi connectivity index (χ4n) is 2.23. The molecule has 8 heteroatoms. The third kappa shape index (κ3) is 4.54. The Kier molecular flexibility index (Phi) is 5.63. The van der Waals surface area contributed by atoms with Crippen molar-refractivity contribution in [3.8, 4) is 11.4 Å². The van der Waals surface area contributed by atoms with Crippen molar-refractivity contribution in [2.45, 2.75) is 5.16 Å². The Hall–Kier alpha value is -2.02. The number of amides is 1. The Bertz CT molecular complexity index is 879. The monoisotopic (exact) mass is 392 g/mol. The number of thioether (sulfide) groups is 1. The second kappa shape index (κ2) is 7.91. The Morgan fingerprint density at radius 1 is 1.12 bits per heavy atom. The van der Waals surface area contributed by atoms with Crippen molar-refractivity contribution in [3.05, 3.63) is 58.6 Å². The van der Waals surface area contributed by atoms with Crippen LogP contribution in [0.5, 0.6) is 0 Å². The van der Waals surface area contributed by atoms with Crippen LogP contribution < -0.4 is 5.32 Å². The maximum Gasteiger partial charge on any atom is 0.234 e. The first-order valence-corrected chi connectivity index (χ1v) is 9.10. The largest absolute Gasteiger partial charge is 0.325 e. The molecule has 1 heterocycles. The van der Waals surface area contributed by atoms with Crippen LogP contribution in [-0.2, 0) is 11.8 Å². The van der Waals surface area contributed by atoms with Crippen LogP contribution >= 0.6 is 35.0 Å². The van der Waals surface area contributed by atoms with Crippen molar-refractivity contribution < 1.29 is 4.79 Å². The molecule has 1 aromatic heterocycles. The van der Waals surface area contributed by atoms with Crippen LogP contribution in [0.1, 0.15) is 0 Å². The van der Waals surface area contributed by atoms with E-state index in [2.05, 4.69) is 15.5 Å². The SMILES string of the molecule is Cn1c(SCC(=O)Nc2cc(Cl)cc(Cl)c2)nnc1-c1ccccc1. The third-order valence-corrected chi connectivity index (χ3v) is 4.80. The van der Waals surface area contributed by atoms with Crippen LogP contribution in [-0.4, -0.2) is 26.4 Å². The van der Waals surface area contributed by atoms with Gasteiger partial charge in [0.2, 0.25) is 5.91 Å². The summed E-state index contributed by atoms with van der Waals surface area (Å²) in [5.74, 6) is 0.781. The van der Waals surface area contributed by atoms with Crippen molar-refractivity contribution >= 4 is 46.6 Å². The highest BCUT2D eigenvalue weighted by Crippen LogP contribution is 2.24. The molecule has 3 aromatic rings. The van der Waals surface area contributed by atoms with Gasteiger partial charge in [-0.15, -0.1) is 10.2 Å². The molecule has 1 N–H and O–H groups in total. The molecular formula is C17H14Cl2N4OS. The summed E-state index contributed by atoms with van der Waals surface area (Å²) in [6, 6.07) is 14.7. The summed E-state index contributed by atoms with van der Waals surface area (Å²) in [5, 5.41) is 12.7. The van der Waals surface area contributed by atoms with Gasteiger partial charge in [-0.1, -0.05) is 65.3 Å². The van der Waals surface area contributed by atoms with Crippen LogP contribution in [0, 0.1) is 0 Å². The zero-order valence-electron chi connectivity index (χ0n) is 13.2. The molecule has 0 atom stereocenters. The average molecular weight is 393 g/mol. The predicted molar refractivity (Wildman–Crippen MR) is 102 cm³/mol. The number of nitrogens with zero attached hydrogens (tertiary/aromatic N) is 3. The number of aromatic nitrogens is 3. The maximum absolute atomic E-state index is 12.1. The molecule has 0 radical (unpaired) electrons. The minimum atomic E-state index is -0.174. The highest BCUT2D eigenvalue weighted by atomic mass is 35.5. The molecule has 0 aliphatic rings. The van der Waals surface area contributed by atoms with Crippen molar-refractivity contribution in [2.24, 2.45) is 7.05 Å². The third-order valence-electron chi connectivity index (χ3n) is 3.35. The molecule has 0 aliphatic carbocycles. The van der Waals surface area contributed by atoms with Crippen LogP contribution in [0.15, 0.2) is 53.7 Å². The van der Waals surface area contributed by atoms with Gasteiger partial charge in [0.25, 0.3) is 0 Å². The van der Waals surface area contributed by atoms with Crippen molar-refractivity contribution in [1.29, 1.82) is 0 Å². The molecule has 0 aliphatic heterocycles. The number of hydrogen-bond acceptors (Lipinski definition) is 4. The van der Waals surface area contributed by atoms with Crippen LogP contribution in [0.2, 0.25) is 10.0 Å². The Labute approximate surface area is 159 Å². The van der Waals surface area contributed by atoms with E-state index in [9.17, 15) is 4.79 Å². The van der Waals surface area contributed by atoms with E-state index in [1.165, 1.54) is 11.8 Å². The van der Waals surface area contributed by atoms with E-state index in [1.54, 1.807) is 18.2 Å². The van der Waals surface area contributed by atoms with Crippen molar-refractivity contribution in [3.63, 3.8) is 0 Å². The van der Waals surface area contributed by atoms with Gasteiger partial charge in [-0.2, -0.15) is 0 Å². The number of rotatable bonds is 5. The smallest absolute Gasteiger partial charge is 0.234 e. The van der Waals surface area contributed by atoms with Crippen LogP contribution in [0.25, 0.3) is 11.4 Å². The molecule has 0 spiro atoms. The highest BCUT2D eigenvalue weighted by molar-refractivity contribution is 7.99. The van der Waals surface area contributed by atoms with Gasteiger partial charge in [0.15, 0.2) is 11.0 Å². The molecule has 5 nitrogen and oxygen atoms in total. The Morgan fingerprint density at radius 2 is 1.80 bits per heavy atom. The minimum Gasteiger partial charge on any atom is -0.325 e. The van der Waals surface area contributed by atoms with Gasteiger partial charge < -0.3 is 9.88 Å². The van der Waals surface area contributed by atoms with Crippen LogP contribution in [0.3, 0.4) is 0 Å². The van der Waals surface area contributed by atoms with E-state index < -0.39 is 0 Å². The second-order valence-electron chi connectivity index (χ2n) is 5.23. The zero-order valence-corrected chi connectivity index (χ0v) is 15.6. The van der Waals surface area contributed by atoms with Gasteiger partial charge in [0.05, 0.1) is 5.75 Å². The van der Waals surface area contributed by atoms with E-state index >= 15 is 0 Å². The second-order valence-corrected chi connectivity index (χ2v) is 7.04. The number of halogens is 2. The summed E-state index contributed by atoms with van der Waals surface area (Å²) >= 11 is 13.2. The lowest BCUT2D eigenvalue weighted by atomic mass is 10.2. The van der Waals surface area contributed by atoms with E-state index in [0.717, 1.165) is 11.4 Å². The summed E-state index contributed by atoms with van der Waals surface area (Å²) in [4.78, 5) is 12.1. The molecule has 2 aromatic carbocycles. The van der Waals surface area contributed by atoms with Gasteiger partial charge in [-0.3, -0.25) is 4.79 Å². The summed E-state index contributed by atoms with van der Waals surface area (Å²) in [6.07, 6.45) is 0. The van der Waals surface area contributed by atoms with Crippen LogP contribution in [0.4, 0.5) is 5.69 Å². The summed E-state index contributed by atoms with van der Waals surface area (Å²) < 4.78 is 1.86. The molecule has 3 rings (SSSR count). The number of carbonyl (C=O) groups is 1. The fraction of sp³-hybridized carbons (Fsp3) is 0.118. The molecule has 0 bridgehead atoms. The first-order chi connectivity index (χ1) is 12.0. The molecule has 1 amide bonds. The van der Waals surface area contributed by atoms with Crippen molar-refractivity contribution in [2.75, 3.05) is 11.1 Å². The highest BCUT2D eigenvalue weighted by Gasteiger charge is 2.13. The maximum atomic E-state index is 12.1. The summed E-state index contributed by atoms with van der Waals surface area (Å²) in [7, 11) is 1.87. The molecule has 0 saturated heterocycles. The first-order valence-electron chi connectivity index (χ1n) is 7.36. The summed E-state index contributed by atoms with van der Waals surface area (Å²) in [5.41, 5.74) is 1.54. The fourth-order valence-corrected chi connectivity index (χ4v) is 3.47. The first kappa shape index (κ1) is 17.8. The normalized spacial score (nSPS) is 10.7. The van der Waals surface area contributed by atoms with Gasteiger partial charge >= 0.3 is 0 Å².